The summed E-state index contributed by atoms with van der Waals surface area (Å²) in [5.74, 6) is -0.951. The summed E-state index contributed by atoms with van der Waals surface area (Å²) < 4.78 is 36.5. The number of halogens is 3. The lowest BCUT2D eigenvalue weighted by atomic mass is 10.1. The molecule has 0 spiro atoms. The van der Waals surface area contributed by atoms with E-state index in [0.717, 1.165) is 18.4 Å². The summed E-state index contributed by atoms with van der Waals surface area (Å²) in [5, 5.41) is 1.83. The highest BCUT2D eigenvalue weighted by Gasteiger charge is 2.33. The Bertz CT molecular complexity index is 803. The average Bonchev–Trinajstić information content (AvgIpc) is 3.49. The summed E-state index contributed by atoms with van der Waals surface area (Å²) in [6.07, 6.45) is -1.04. The highest BCUT2D eigenvalue weighted by atomic mass is 19.4. The zero-order valence-electron chi connectivity index (χ0n) is 14.4. The van der Waals surface area contributed by atoms with E-state index >= 15 is 0 Å². The SMILES string of the molecule is O=C(NCC(F)(F)F)c1ccc(CN(C(=O)c2ccccn2)C2CC2)cc1. The molecule has 1 fully saturated rings. The molecule has 0 saturated heterocycles. The fraction of sp³-hybridized carbons (Fsp3) is 0.316. The zero-order chi connectivity index (χ0) is 19.4. The number of alkyl halides is 3. The molecule has 8 heteroatoms. The minimum Gasteiger partial charge on any atom is -0.343 e. The van der Waals surface area contributed by atoms with Gasteiger partial charge in [-0.1, -0.05) is 18.2 Å². The van der Waals surface area contributed by atoms with Gasteiger partial charge in [-0.05, 0) is 42.7 Å². The van der Waals surface area contributed by atoms with Crippen LogP contribution < -0.4 is 5.32 Å². The van der Waals surface area contributed by atoms with Crippen LogP contribution in [-0.2, 0) is 6.54 Å². The van der Waals surface area contributed by atoms with Crippen molar-refractivity contribution < 1.29 is 22.8 Å². The van der Waals surface area contributed by atoms with Crippen molar-refractivity contribution in [2.24, 2.45) is 0 Å². The molecule has 1 saturated carbocycles. The number of nitrogens with zero attached hydrogens (tertiary/aromatic N) is 2. The minimum absolute atomic E-state index is 0.136. The van der Waals surface area contributed by atoms with Gasteiger partial charge in [0.1, 0.15) is 12.2 Å². The maximum atomic E-state index is 12.7. The summed E-state index contributed by atoms with van der Waals surface area (Å²) in [6.45, 7) is -1.02. The Morgan fingerprint density at radius 2 is 1.81 bits per heavy atom. The Hall–Kier alpha value is -2.90. The van der Waals surface area contributed by atoms with Gasteiger partial charge >= 0.3 is 6.18 Å². The van der Waals surface area contributed by atoms with Gasteiger partial charge in [0.2, 0.25) is 0 Å². The van der Waals surface area contributed by atoms with Crippen LogP contribution in [-0.4, -0.2) is 40.5 Å². The summed E-state index contributed by atoms with van der Waals surface area (Å²) in [7, 11) is 0. The number of amides is 2. The number of carbonyl (C=O) groups excluding carboxylic acids is 2. The molecular weight excluding hydrogens is 359 g/mol. The summed E-state index contributed by atoms with van der Waals surface area (Å²) in [6, 6.07) is 11.5. The van der Waals surface area contributed by atoms with Gasteiger partial charge in [-0.15, -0.1) is 0 Å². The van der Waals surface area contributed by atoms with Crippen molar-refractivity contribution in [1.82, 2.24) is 15.2 Å². The Labute approximate surface area is 154 Å². The van der Waals surface area contributed by atoms with Gasteiger partial charge in [-0.3, -0.25) is 14.6 Å². The van der Waals surface area contributed by atoms with Gasteiger partial charge in [0.05, 0.1) is 0 Å². The maximum absolute atomic E-state index is 12.7. The molecule has 2 aromatic rings. The van der Waals surface area contributed by atoms with Crippen molar-refractivity contribution in [2.45, 2.75) is 31.6 Å². The molecule has 0 bridgehead atoms. The minimum atomic E-state index is -4.45. The Morgan fingerprint density at radius 1 is 1.11 bits per heavy atom. The third-order valence-corrected chi connectivity index (χ3v) is 4.15. The summed E-state index contributed by atoms with van der Waals surface area (Å²) >= 11 is 0. The third-order valence-electron chi connectivity index (χ3n) is 4.15. The lowest BCUT2D eigenvalue weighted by Gasteiger charge is -2.22. The highest BCUT2D eigenvalue weighted by molar-refractivity contribution is 5.94. The monoisotopic (exact) mass is 377 g/mol. The van der Waals surface area contributed by atoms with Crippen molar-refractivity contribution in [3.63, 3.8) is 0 Å². The highest BCUT2D eigenvalue weighted by Crippen LogP contribution is 2.29. The maximum Gasteiger partial charge on any atom is 0.405 e. The van der Waals surface area contributed by atoms with Gasteiger partial charge in [0.15, 0.2) is 0 Å². The number of carbonyl (C=O) groups is 2. The molecule has 1 aromatic heterocycles. The van der Waals surface area contributed by atoms with E-state index in [9.17, 15) is 22.8 Å². The van der Waals surface area contributed by atoms with Crippen molar-refractivity contribution in [3.8, 4) is 0 Å². The summed E-state index contributed by atoms with van der Waals surface area (Å²) in [4.78, 5) is 30.3. The predicted molar refractivity (Wildman–Crippen MR) is 92.0 cm³/mol. The number of hydrogen-bond acceptors (Lipinski definition) is 3. The zero-order valence-corrected chi connectivity index (χ0v) is 14.4. The first kappa shape index (κ1) is 18.9. The normalized spacial score (nSPS) is 13.9. The number of pyridine rings is 1. The van der Waals surface area contributed by atoms with Crippen LogP contribution in [0.5, 0.6) is 0 Å². The van der Waals surface area contributed by atoms with Crippen LogP contribution >= 0.6 is 0 Å². The van der Waals surface area contributed by atoms with Crippen LogP contribution in [0, 0.1) is 0 Å². The van der Waals surface area contributed by atoms with Gasteiger partial charge in [0.25, 0.3) is 11.8 Å². The van der Waals surface area contributed by atoms with E-state index in [4.69, 9.17) is 0 Å². The van der Waals surface area contributed by atoms with Crippen LogP contribution in [0.2, 0.25) is 0 Å². The largest absolute Gasteiger partial charge is 0.405 e. The molecule has 2 amide bonds. The van der Waals surface area contributed by atoms with E-state index in [-0.39, 0.29) is 17.5 Å². The van der Waals surface area contributed by atoms with E-state index in [1.54, 1.807) is 41.4 Å². The predicted octanol–water partition coefficient (Wildman–Crippen LogP) is 3.18. The van der Waals surface area contributed by atoms with Gasteiger partial charge in [-0.25, -0.2) is 0 Å². The molecule has 1 aliphatic rings. The van der Waals surface area contributed by atoms with Crippen LogP contribution in [0.4, 0.5) is 13.2 Å². The molecular formula is C19H18F3N3O2. The van der Waals surface area contributed by atoms with Crippen molar-refractivity contribution >= 4 is 11.8 Å². The number of nitrogens with one attached hydrogen (secondary N) is 1. The third kappa shape index (κ3) is 5.29. The number of rotatable bonds is 6. The molecule has 5 nitrogen and oxygen atoms in total. The fourth-order valence-electron chi connectivity index (χ4n) is 2.63. The molecule has 1 N–H and O–H groups in total. The number of hydrogen-bond donors (Lipinski definition) is 1. The number of aromatic nitrogens is 1. The van der Waals surface area contributed by atoms with E-state index in [1.165, 1.54) is 12.1 Å². The van der Waals surface area contributed by atoms with Crippen LogP contribution in [0.25, 0.3) is 0 Å². The molecule has 0 radical (unpaired) electrons. The second-order valence-corrected chi connectivity index (χ2v) is 6.37. The summed E-state index contributed by atoms with van der Waals surface area (Å²) in [5.41, 5.74) is 1.29. The second kappa shape index (κ2) is 7.77. The van der Waals surface area contributed by atoms with Gasteiger partial charge in [-0.2, -0.15) is 13.2 Å². The van der Waals surface area contributed by atoms with Crippen LogP contribution in [0.1, 0.15) is 39.3 Å². The topological polar surface area (TPSA) is 62.3 Å². The van der Waals surface area contributed by atoms with Crippen molar-refractivity contribution in [3.05, 3.63) is 65.5 Å². The molecule has 0 aliphatic heterocycles. The molecule has 1 aromatic carbocycles. The van der Waals surface area contributed by atoms with E-state index in [1.807, 2.05) is 5.32 Å². The average molecular weight is 377 g/mol. The molecule has 27 heavy (non-hydrogen) atoms. The van der Waals surface area contributed by atoms with Crippen molar-refractivity contribution in [2.75, 3.05) is 6.54 Å². The Kier molecular flexibility index (Phi) is 5.43. The quantitative estimate of drug-likeness (QED) is 0.841. The van der Waals surface area contributed by atoms with Crippen molar-refractivity contribution in [1.29, 1.82) is 0 Å². The molecule has 1 aliphatic carbocycles. The molecule has 0 atom stereocenters. The second-order valence-electron chi connectivity index (χ2n) is 6.37. The Morgan fingerprint density at radius 3 is 2.37 bits per heavy atom. The fourth-order valence-corrected chi connectivity index (χ4v) is 2.63. The first-order valence-corrected chi connectivity index (χ1v) is 8.49. The van der Waals surface area contributed by atoms with E-state index < -0.39 is 18.6 Å². The standard InChI is InChI=1S/C19H18F3N3O2/c20-19(21,22)12-24-17(26)14-6-4-13(5-7-14)11-25(15-8-9-15)18(27)16-3-1-2-10-23-16/h1-7,10,15H,8-9,11-12H2,(H,24,26). The molecule has 142 valence electrons. The lowest BCUT2D eigenvalue weighted by molar-refractivity contribution is -0.123. The first-order valence-electron chi connectivity index (χ1n) is 8.49. The van der Waals surface area contributed by atoms with Gasteiger partial charge < -0.3 is 10.2 Å². The van der Waals surface area contributed by atoms with E-state index in [0.29, 0.717) is 12.2 Å². The van der Waals surface area contributed by atoms with Crippen LogP contribution in [0.3, 0.4) is 0 Å². The lowest BCUT2D eigenvalue weighted by Crippen LogP contribution is -2.34. The molecule has 0 unspecified atom stereocenters. The Balaban J connectivity index is 1.65. The smallest absolute Gasteiger partial charge is 0.343 e. The number of benzene rings is 1. The molecule has 1 heterocycles. The first-order chi connectivity index (χ1) is 12.8. The van der Waals surface area contributed by atoms with E-state index in [2.05, 4.69) is 4.98 Å². The molecule has 3 rings (SSSR count). The van der Waals surface area contributed by atoms with Gasteiger partial charge in [0, 0.05) is 24.3 Å². The van der Waals surface area contributed by atoms with Crippen LogP contribution in [0.15, 0.2) is 48.7 Å².